The number of aliphatic hydroxyl groups is 1. The molecule has 0 aliphatic carbocycles. The molecular weight excluding hydrogens is 208 g/mol. The van der Waals surface area contributed by atoms with E-state index in [0.29, 0.717) is 12.8 Å². The first kappa shape index (κ1) is 12.3. The van der Waals surface area contributed by atoms with Crippen LogP contribution in [0.2, 0.25) is 5.02 Å². The van der Waals surface area contributed by atoms with E-state index in [1.165, 1.54) is 0 Å². The van der Waals surface area contributed by atoms with Crippen LogP contribution in [-0.4, -0.2) is 10.7 Å². The molecule has 0 aliphatic heterocycles. The molecule has 0 heterocycles. The van der Waals surface area contributed by atoms with Crippen LogP contribution in [0.4, 0.5) is 0 Å². The fourth-order valence-corrected chi connectivity index (χ4v) is 1.76. The van der Waals surface area contributed by atoms with Crippen molar-refractivity contribution in [1.29, 1.82) is 0 Å². The molecule has 1 aromatic carbocycles. The number of benzene rings is 1. The van der Waals surface area contributed by atoms with Crippen molar-refractivity contribution < 1.29 is 5.11 Å². The molecule has 15 heavy (non-hydrogen) atoms. The number of halogens is 1. The van der Waals surface area contributed by atoms with E-state index in [-0.39, 0.29) is 0 Å². The fraction of sp³-hybridized carbons (Fsp3) is 0.385. The molecule has 0 saturated heterocycles. The van der Waals surface area contributed by atoms with E-state index in [1.807, 2.05) is 37.3 Å². The highest BCUT2D eigenvalue weighted by Crippen LogP contribution is 2.23. The summed E-state index contributed by atoms with van der Waals surface area (Å²) in [5, 5.41) is 10.8. The van der Waals surface area contributed by atoms with Crippen molar-refractivity contribution in [3.05, 3.63) is 47.5 Å². The summed E-state index contributed by atoms with van der Waals surface area (Å²) in [4.78, 5) is 0. The summed E-state index contributed by atoms with van der Waals surface area (Å²) in [5.74, 6) is 0. The maximum Gasteiger partial charge on any atom is 0.0663 e. The van der Waals surface area contributed by atoms with Gasteiger partial charge in [-0.15, -0.1) is 6.58 Å². The van der Waals surface area contributed by atoms with Crippen molar-refractivity contribution >= 4 is 11.6 Å². The average Bonchev–Trinajstić information content (AvgIpc) is 2.18. The van der Waals surface area contributed by atoms with Crippen molar-refractivity contribution in [2.24, 2.45) is 0 Å². The second kappa shape index (κ2) is 5.34. The number of rotatable bonds is 5. The SMILES string of the molecule is C=CCCC(C)(O)Cc1ccccc1Cl. The van der Waals surface area contributed by atoms with Gasteiger partial charge in [-0.3, -0.25) is 0 Å². The zero-order valence-corrected chi connectivity index (χ0v) is 9.80. The Balaban J connectivity index is 2.68. The summed E-state index contributed by atoms with van der Waals surface area (Å²) in [6, 6.07) is 7.63. The fourth-order valence-electron chi connectivity index (χ4n) is 1.55. The van der Waals surface area contributed by atoms with Crippen LogP contribution in [-0.2, 0) is 6.42 Å². The lowest BCUT2D eigenvalue weighted by atomic mass is 9.92. The standard InChI is InChI=1S/C13H17ClO/c1-3-4-9-13(2,15)10-11-7-5-6-8-12(11)14/h3,5-8,15H,1,4,9-10H2,2H3. The third-order valence-corrected chi connectivity index (χ3v) is 2.78. The maximum atomic E-state index is 10.1. The highest BCUT2D eigenvalue weighted by Gasteiger charge is 2.20. The molecule has 1 aromatic rings. The monoisotopic (exact) mass is 224 g/mol. The highest BCUT2D eigenvalue weighted by atomic mass is 35.5. The quantitative estimate of drug-likeness (QED) is 0.758. The molecule has 0 radical (unpaired) electrons. The number of allylic oxidation sites excluding steroid dienone is 1. The molecule has 2 heteroatoms. The minimum absolute atomic E-state index is 0.584. The molecule has 1 atom stereocenters. The molecule has 0 amide bonds. The van der Waals surface area contributed by atoms with E-state index < -0.39 is 5.60 Å². The molecule has 0 saturated carbocycles. The molecule has 0 aromatic heterocycles. The average molecular weight is 225 g/mol. The number of hydrogen-bond acceptors (Lipinski definition) is 1. The van der Waals surface area contributed by atoms with Gasteiger partial charge in [-0.05, 0) is 31.4 Å². The Morgan fingerprint density at radius 2 is 2.13 bits per heavy atom. The van der Waals surface area contributed by atoms with Gasteiger partial charge in [0.1, 0.15) is 0 Å². The third-order valence-electron chi connectivity index (χ3n) is 2.42. The topological polar surface area (TPSA) is 20.2 Å². The molecule has 0 spiro atoms. The largest absolute Gasteiger partial charge is 0.390 e. The molecule has 1 N–H and O–H groups in total. The summed E-state index contributed by atoms with van der Waals surface area (Å²) in [6.07, 6.45) is 3.93. The second-order valence-corrected chi connectivity index (χ2v) is 4.50. The molecule has 1 nitrogen and oxygen atoms in total. The van der Waals surface area contributed by atoms with Gasteiger partial charge >= 0.3 is 0 Å². The first-order valence-corrected chi connectivity index (χ1v) is 5.50. The molecule has 0 fully saturated rings. The van der Waals surface area contributed by atoms with Crippen LogP contribution in [0.5, 0.6) is 0 Å². The molecule has 0 bridgehead atoms. The van der Waals surface area contributed by atoms with E-state index in [1.54, 1.807) is 0 Å². The van der Waals surface area contributed by atoms with Gasteiger partial charge in [-0.2, -0.15) is 0 Å². The minimum atomic E-state index is -0.709. The van der Waals surface area contributed by atoms with E-state index >= 15 is 0 Å². The van der Waals surface area contributed by atoms with Crippen molar-refractivity contribution in [3.63, 3.8) is 0 Å². The lowest BCUT2D eigenvalue weighted by molar-refractivity contribution is 0.0523. The normalized spacial score (nSPS) is 14.6. The predicted octanol–water partition coefficient (Wildman–Crippen LogP) is 3.60. The maximum absolute atomic E-state index is 10.1. The lowest BCUT2D eigenvalue weighted by Crippen LogP contribution is -2.26. The summed E-state index contributed by atoms with van der Waals surface area (Å²) >= 11 is 6.03. The first-order chi connectivity index (χ1) is 7.05. The summed E-state index contributed by atoms with van der Waals surface area (Å²) in [7, 11) is 0. The third kappa shape index (κ3) is 4.06. The number of hydrogen-bond donors (Lipinski definition) is 1. The van der Waals surface area contributed by atoms with Gasteiger partial charge in [-0.1, -0.05) is 35.9 Å². The van der Waals surface area contributed by atoms with Gasteiger partial charge in [0.05, 0.1) is 5.60 Å². The Labute approximate surface area is 96.4 Å². The van der Waals surface area contributed by atoms with Crippen LogP contribution in [0.15, 0.2) is 36.9 Å². The summed E-state index contributed by atoms with van der Waals surface area (Å²) in [5.41, 5.74) is 0.285. The van der Waals surface area contributed by atoms with E-state index in [9.17, 15) is 5.11 Å². The van der Waals surface area contributed by atoms with Gasteiger partial charge in [0.2, 0.25) is 0 Å². The Bertz CT molecular complexity index is 331. The Morgan fingerprint density at radius 1 is 1.47 bits per heavy atom. The highest BCUT2D eigenvalue weighted by molar-refractivity contribution is 6.31. The zero-order chi connectivity index (χ0) is 11.3. The van der Waals surface area contributed by atoms with Crippen LogP contribution in [0, 0.1) is 0 Å². The molecule has 82 valence electrons. The molecular formula is C13H17ClO. The van der Waals surface area contributed by atoms with E-state index in [0.717, 1.165) is 17.0 Å². The molecule has 0 aliphatic rings. The van der Waals surface area contributed by atoms with Crippen molar-refractivity contribution in [1.82, 2.24) is 0 Å². The van der Waals surface area contributed by atoms with E-state index in [4.69, 9.17) is 11.6 Å². The lowest BCUT2D eigenvalue weighted by Gasteiger charge is -2.23. The van der Waals surface area contributed by atoms with Crippen molar-refractivity contribution in [2.45, 2.75) is 31.8 Å². The minimum Gasteiger partial charge on any atom is -0.390 e. The molecule has 1 rings (SSSR count). The van der Waals surface area contributed by atoms with Gasteiger partial charge < -0.3 is 5.11 Å². The zero-order valence-electron chi connectivity index (χ0n) is 9.04. The predicted molar refractivity (Wildman–Crippen MR) is 65.2 cm³/mol. The van der Waals surface area contributed by atoms with Crippen LogP contribution < -0.4 is 0 Å². The Morgan fingerprint density at radius 3 is 2.73 bits per heavy atom. The Kier molecular flexibility index (Phi) is 4.37. The van der Waals surface area contributed by atoms with Crippen LogP contribution >= 0.6 is 11.6 Å². The second-order valence-electron chi connectivity index (χ2n) is 4.09. The van der Waals surface area contributed by atoms with Crippen molar-refractivity contribution in [3.8, 4) is 0 Å². The smallest absolute Gasteiger partial charge is 0.0663 e. The molecule has 1 unspecified atom stereocenters. The van der Waals surface area contributed by atoms with Crippen LogP contribution in [0.1, 0.15) is 25.3 Å². The first-order valence-electron chi connectivity index (χ1n) is 5.12. The van der Waals surface area contributed by atoms with Gasteiger partial charge in [0.25, 0.3) is 0 Å². The van der Waals surface area contributed by atoms with E-state index in [2.05, 4.69) is 6.58 Å². The van der Waals surface area contributed by atoms with Crippen molar-refractivity contribution in [2.75, 3.05) is 0 Å². The van der Waals surface area contributed by atoms with Gasteiger partial charge in [0.15, 0.2) is 0 Å². The van der Waals surface area contributed by atoms with Gasteiger partial charge in [-0.25, -0.2) is 0 Å². The van der Waals surface area contributed by atoms with Crippen LogP contribution in [0.3, 0.4) is 0 Å². The summed E-state index contributed by atoms with van der Waals surface area (Å²) in [6.45, 7) is 5.48. The Hall–Kier alpha value is -0.790. The van der Waals surface area contributed by atoms with Gasteiger partial charge in [0, 0.05) is 11.4 Å². The van der Waals surface area contributed by atoms with Crippen LogP contribution in [0.25, 0.3) is 0 Å². The summed E-state index contributed by atoms with van der Waals surface area (Å²) < 4.78 is 0.